The minimum Gasteiger partial charge on any atom is -0.390 e. The van der Waals surface area contributed by atoms with E-state index >= 15 is 0 Å². The van der Waals surface area contributed by atoms with Gasteiger partial charge in [-0.3, -0.25) is 4.79 Å². The van der Waals surface area contributed by atoms with E-state index in [0.29, 0.717) is 13.1 Å². The van der Waals surface area contributed by atoms with Crippen LogP contribution in [-0.2, 0) is 20.0 Å². The summed E-state index contributed by atoms with van der Waals surface area (Å²) in [6, 6.07) is 6.43. The third-order valence-corrected chi connectivity index (χ3v) is 6.60. The maximum Gasteiger partial charge on any atom is 0.231 e. The van der Waals surface area contributed by atoms with Crippen molar-refractivity contribution in [2.75, 3.05) is 19.3 Å². The molecule has 0 unspecified atom stereocenters. The summed E-state index contributed by atoms with van der Waals surface area (Å²) in [6.45, 7) is 1.05. The van der Waals surface area contributed by atoms with Crippen LogP contribution in [0.1, 0.15) is 37.7 Å². The number of hydrogen-bond acceptors (Lipinski definition) is 5. The number of β-amino-alcohol motifs (C(OH)–C–C–N with tert-alkyl or cyclic N) is 1. The Bertz CT molecular complexity index is 724. The first-order chi connectivity index (χ1) is 11.8. The minimum atomic E-state index is -3.26. The smallest absolute Gasteiger partial charge is 0.231 e. The first-order valence-corrected chi connectivity index (χ1v) is 10.7. The molecule has 6 nitrogen and oxygen atoms in total. The molecule has 0 spiro atoms. The zero-order valence-electron chi connectivity index (χ0n) is 14.5. The first-order valence-electron chi connectivity index (χ1n) is 8.83. The number of benzene rings is 1. The van der Waals surface area contributed by atoms with Crippen molar-refractivity contribution in [1.29, 1.82) is 0 Å². The van der Waals surface area contributed by atoms with E-state index in [-0.39, 0.29) is 16.8 Å². The van der Waals surface area contributed by atoms with Gasteiger partial charge < -0.3 is 15.7 Å². The summed E-state index contributed by atoms with van der Waals surface area (Å²) in [7, 11) is -3.26. The fraction of sp³-hybridized carbons (Fsp3) is 0.611. The Balaban J connectivity index is 1.89. The van der Waals surface area contributed by atoms with Crippen LogP contribution in [0.25, 0.3) is 0 Å². The highest BCUT2D eigenvalue weighted by Crippen LogP contribution is 2.40. The molecule has 1 aromatic rings. The molecule has 0 aromatic heterocycles. The lowest BCUT2D eigenvalue weighted by Gasteiger charge is -2.37. The van der Waals surface area contributed by atoms with Gasteiger partial charge in [0.1, 0.15) is 0 Å². The van der Waals surface area contributed by atoms with Crippen LogP contribution in [0, 0.1) is 0 Å². The summed E-state index contributed by atoms with van der Waals surface area (Å²) in [5, 5.41) is 16.1. The Labute approximate surface area is 148 Å². The lowest BCUT2D eigenvalue weighted by molar-refractivity contribution is -0.129. The molecule has 1 aliphatic heterocycles. The summed E-state index contributed by atoms with van der Waals surface area (Å²) in [5.41, 5.74) is 0.217. The average molecular weight is 366 g/mol. The van der Waals surface area contributed by atoms with Crippen LogP contribution in [0.4, 0.5) is 0 Å². The van der Waals surface area contributed by atoms with Crippen molar-refractivity contribution in [3.05, 3.63) is 29.8 Å². The number of sulfone groups is 1. The van der Waals surface area contributed by atoms with E-state index in [0.717, 1.165) is 37.7 Å². The highest BCUT2D eigenvalue weighted by Gasteiger charge is 2.42. The topological polar surface area (TPSA) is 95.5 Å². The van der Waals surface area contributed by atoms with Crippen molar-refractivity contribution in [3.8, 4) is 0 Å². The number of rotatable bonds is 4. The monoisotopic (exact) mass is 366 g/mol. The molecular formula is C18H26N2O4S. The Hall–Kier alpha value is -1.44. The second-order valence-corrected chi connectivity index (χ2v) is 9.26. The molecule has 3 rings (SSSR count). The van der Waals surface area contributed by atoms with E-state index in [1.165, 1.54) is 6.26 Å². The van der Waals surface area contributed by atoms with Crippen molar-refractivity contribution in [2.24, 2.45) is 0 Å². The van der Waals surface area contributed by atoms with E-state index < -0.39 is 21.4 Å². The maximum atomic E-state index is 13.1. The highest BCUT2D eigenvalue weighted by molar-refractivity contribution is 7.90. The summed E-state index contributed by atoms with van der Waals surface area (Å²) in [4.78, 5) is 13.4. The van der Waals surface area contributed by atoms with Crippen LogP contribution in [0.3, 0.4) is 0 Å². The fourth-order valence-corrected chi connectivity index (χ4v) is 4.57. The zero-order valence-corrected chi connectivity index (χ0v) is 15.3. The Morgan fingerprint density at radius 3 is 2.32 bits per heavy atom. The summed E-state index contributed by atoms with van der Waals surface area (Å²) in [6.07, 6.45) is 5.13. The third-order valence-electron chi connectivity index (χ3n) is 5.48. The molecule has 0 bridgehead atoms. The van der Waals surface area contributed by atoms with Crippen molar-refractivity contribution in [3.63, 3.8) is 0 Å². The van der Waals surface area contributed by atoms with Gasteiger partial charge in [0, 0.05) is 19.3 Å². The number of nitrogens with one attached hydrogen (secondary N) is 2. The van der Waals surface area contributed by atoms with Crippen molar-refractivity contribution in [1.82, 2.24) is 10.6 Å². The molecule has 1 aromatic carbocycles. The van der Waals surface area contributed by atoms with E-state index in [1.807, 2.05) is 0 Å². The maximum absolute atomic E-state index is 13.1. The summed E-state index contributed by atoms with van der Waals surface area (Å²) >= 11 is 0. The molecule has 138 valence electrons. The Morgan fingerprint density at radius 2 is 1.80 bits per heavy atom. The van der Waals surface area contributed by atoms with Crippen LogP contribution < -0.4 is 10.6 Å². The predicted molar refractivity (Wildman–Crippen MR) is 95.1 cm³/mol. The lowest BCUT2D eigenvalue weighted by Crippen LogP contribution is -2.52. The Kier molecular flexibility index (Phi) is 5.18. The molecule has 2 atom stereocenters. The molecule has 1 aliphatic carbocycles. The van der Waals surface area contributed by atoms with Gasteiger partial charge in [-0.2, -0.15) is 0 Å². The molecule has 2 aliphatic rings. The van der Waals surface area contributed by atoms with Crippen LogP contribution in [-0.4, -0.2) is 50.9 Å². The number of carbonyl (C=O) groups is 1. The van der Waals surface area contributed by atoms with Gasteiger partial charge in [-0.15, -0.1) is 0 Å². The summed E-state index contributed by atoms with van der Waals surface area (Å²) < 4.78 is 23.4. The number of hydrogen-bond donors (Lipinski definition) is 3. The van der Waals surface area contributed by atoms with E-state index in [9.17, 15) is 18.3 Å². The molecule has 7 heteroatoms. The molecule has 25 heavy (non-hydrogen) atoms. The third kappa shape index (κ3) is 3.73. The normalized spacial score (nSPS) is 26.3. The van der Waals surface area contributed by atoms with Gasteiger partial charge in [0.2, 0.25) is 5.91 Å². The number of carbonyl (C=O) groups excluding carboxylic acids is 1. The minimum absolute atomic E-state index is 0.0629. The molecular weight excluding hydrogens is 340 g/mol. The van der Waals surface area contributed by atoms with Crippen molar-refractivity contribution >= 4 is 15.7 Å². The van der Waals surface area contributed by atoms with Crippen LogP contribution in [0.5, 0.6) is 0 Å². The number of amides is 1. The first kappa shape index (κ1) is 18.4. The van der Waals surface area contributed by atoms with E-state index in [1.54, 1.807) is 24.3 Å². The largest absolute Gasteiger partial charge is 0.390 e. The van der Waals surface area contributed by atoms with Gasteiger partial charge in [-0.25, -0.2) is 8.42 Å². The standard InChI is InChI=1S/C18H26N2O4S/c1-25(23,24)14-7-5-13(6-8-14)18(9-3-2-4-10-18)17(22)20-15-11-19-12-16(15)21/h5-8,15-16,19,21H,2-4,9-12H2,1H3,(H,20,22)/t15-,16-/m1/s1. The second-order valence-electron chi connectivity index (χ2n) is 7.24. The lowest BCUT2D eigenvalue weighted by atomic mass is 9.68. The Morgan fingerprint density at radius 1 is 1.16 bits per heavy atom. The highest BCUT2D eigenvalue weighted by atomic mass is 32.2. The molecule has 1 amide bonds. The predicted octanol–water partition coefficient (Wildman–Crippen LogP) is 0.741. The average Bonchev–Trinajstić information content (AvgIpc) is 2.99. The quantitative estimate of drug-likeness (QED) is 0.731. The van der Waals surface area contributed by atoms with Gasteiger partial charge in [0.05, 0.1) is 22.5 Å². The number of aliphatic hydroxyl groups is 1. The van der Waals surface area contributed by atoms with Gasteiger partial charge >= 0.3 is 0 Å². The molecule has 0 radical (unpaired) electrons. The van der Waals surface area contributed by atoms with Crippen LogP contribution >= 0.6 is 0 Å². The van der Waals surface area contributed by atoms with Gasteiger partial charge in [-0.05, 0) is 30.5 Å². The molecule has 1 saturated carbocycles. The fourth-order valence-electron chi connectivity index (χ4n) is 3.94. The van der Waals surface area contributed by atoms with Gasteiger partial charge in [-0.1, -0.05) is 31.4 Å². The molecule has 1 saturated heterocycles. The number of aliphatic hydroxyl groups excluding tert-OH is 1. The van der Waals surface area contributed by atoms with E-state index in [2.05, 4.69) is 10.6 Å². The second kappa shape index (κ2) is 7.05. The molecule has 1 heterocycles. The zero-order chi connectivity index (χ0) is 18.1. The summed E-state index contributed by atoms with van der Waals surface area (Å²) in [5.74, 6) is -0.0629. The van der Waals surface area contributed by atoms with Gasteiger partial charge in [0.25, 0.3) is 0 Å². The molecule has 2 fully saturated rings. The SMILES string of the molecule is CS(=O)(=O)c1ccc(C2(C(=O)N[C@@H]3CNC[C@H]3O)CCCCC2)cc1. The molecule has 3 N–H and O–H groups in total. The van der Waals surface area contributed by atoms with Crippen LogP contribution in [0.2, 0.25) is 0 Å². The van der Waals surface area contributed by atoms with Crippen molar-refractivity contribution < 1.29 is 18.3 Å². The van der Waals surface area contributed by atoms with Gasteiger partial charge in [0.15, 0.2) is 9.84 Å². The van der Waals surface area contributed by atoms with Crippen molar-refractivity contribution in [2.45, 2.75) is 54.6 Å². The van der Waals surface area contributed by atoms with Crippen LogP contribution in [0.15, 0.2) is 29.2 Å². The van der Waals surface area contributed by atoms with E-state index in [4.69, 9.17) is 0 Å².